The Morgan fingerprint density at radius 1 is 1.18 bits per heavy atom. The number of aromatic nitrogens is 1. The van der Waals surface area contributed by atoms with E-state index >= 15 is 0 Å². The van der Waals surface area contributed by atoms with Crippen molar-refractivity contribution in [3.05, 3.63) is 80.7 Å². The number of hydrogen-bond acceptors (Lipinski definition) is 4. The lowest BCUT2D eigenvalue weighted by Crippen LogP contribution is -2.36. The van der Waals surface area contributed by atoms with Gasteiger partial charge in [-0.15, -0.1) is 0 Å². The maximum atomic E-state index is 14.3. The molecule has 0 spiro atoms. The molecular formula is C23H20ClF2N3O5. The van der Waals surface area contributed by atoms with Crippen molar-refractivity contribution in [3.63, 3.8) is 0 Å². The van der Waals surface area contributed by atoms with Crippen LogP contribution in [-0.4, -0.2) is 26.8 Å². The maximum absolute atomic E-state index is 14.3. The second kappa shape index (κ2) is 9.92. The summed E-state index contributed by atoms with van der Waals surface area (Å²) in [6.45, 7) is 1.54. The van der Waals surface area contributed by atoms with E-state index in [0.29, 0.717) is 17.2 Å². The van der Waals surface area contributed by atoms with Crippen molar-refractivity contribution in [3.8, 4) is 16.9 Å². The predicted octanol–water partition coefficient (Wildman–Crippen LogP) is 4.34. The molecule has 0 aliphatic carbocycles. The fourth-order valence-corrected chi connectivity index (χ4v) is 3.56. The van der Waals surface area contributed by atoms with Gasteiger partial charge >= 0.3 is 12.0 Å². The van der Waals surface area contributed by atoms with Gasteiger partial charge in [-0.3, -0.25) is 9.59 Å². The molecule has 3 aromatic rings. The van der Waals surface area contributed by atoms with Gasteiger partial charge in [0.05, 0.1) is 17.5 Å². The second-order valence-corrected chi connectivity index (χ2v) is 7.98. The van der Waals surface area contributed by atoms with Crippen molar-refractivity contribution in [2.75, 3.05) is 5.32 Å². The highest BCUT2D eigenvalue weighted by Gasteiger charge is 2.22. The number of carbonyl (C=O) groups excluding carboxylic acids is 1. The van der Waals surface area contributed by atoms with Gasteiger partial charge in [-0.2, -0.15) is 0 Å². The average Bonchev–Trinajstić information content (AvgIpc) is 2.77. The smallest absolute Gasteiger partial charge is 0.319 e. The monoisotopic (exact) mass is 491 g/mol. The number of nitrogens with one attached hydrogen (secondary N) is 2. The molecule has 4 N–H and O–H groups in total. The third kappa shape index (κ3) is 5.34. The van der Waals surface area contributed by atoms with E-state index in [4.69, 9.17) is 11.6 Å². The zero-order chi connectivity index (χ0) is 25.2. The zero-order valence-corrected chi connectivity index (χ0v) is 18.8. The Labute approximate surface area is 197 Å². The van der Waals surface area contributed by atoms with E-state index in [1.807, 2.05) is 0 Å². The number of amides is 2. The number of carboxylic acid groups (broad SMARTS) is 1. The summed E-state index contributed by atoms with van der Waals surface area (Å²) >= 11 is 5.77. The molecular weight excluding hydrogens is 472 g/mol. The minimum Gasteiger partial charge on any atom is -0.505 e. The quantitative estimate of drug-likeness (QED) is 0.382. The first-order valence-electron chi connectivity index (χ1n) is 9.91. The van der Waals surface area contributed by atoms with Gasteiger partial charge in [-0.1, -0.05) is 29.8 Å². The number of carboxylic acids is 1. The Bertz CT molecular complexity index is 1340. The molecule has 8 nitrogen and oxygen atoms in total. The SMILES string of the molecule is Cc1cn(C)c(=O)c(NC(=O)NC(CC(=O)O)c2cccc(-c3cc(Cl)c(F)cc3F)c2)c1O. The van der Waals surface area contributed by atoms with Crippen molar-refractivity contribution in [2.24, 2.45) is 7.05 Å². The van der Waals surface area contributed by atoms with Gasteiger partial charge in [0.25, 0.3) is 5.56 Å². The van der Waals surface area contributed by atoms with Crippen LogP contribution in [0.2, 0.25) is 5.02 Å². The molecule has 0 radical (unpaired) electrons. The van der Waals surface area contributed by atoms with E-state index in [2.05, 4.69) is 10.6 Å². The Morgan fingerprint density at radius 2 is 1.88 bits per heavy atom. The minimum absolute atomic E-state index is 0.0139. The van der Waals surface area contributed by atoms with Crippen molar-refractivity contribution in [1.29, 1.82) is 0 Å². The standard InChI is InChI=1S/C23H20ClF2N3O5/c1-11-10-29(2)22(33)20(21(11)32)28-23(34)27-18(9-19(30)31)13-5-3-4-12(6-13)14-7-15(24)17(26)8-16(14)25/h3-8,10,18,32H,9H2,1-2H3,(H,30,31)(H2,27,28,34). The fraction of sp³-hybridized carbons (Fsp3) is 0.174. The Morgan fingerprint density at radius 3 is 2.56 bits per heavy atom. The number of benzene rings is 2. The first kappa shape index (κ1) is 24.7. The van der Waals surface area contributed by atoms with E-state index in [1.165, 1.54) is 49.0 Å². The van der Waals surface area contributed by atoms with Crippen molar-refractivity contribution < 1.29 is 28.6 Å². The molecule has 2 amide bonds. The third-order valence-corrected chi connectivity index (χ3v) is 5.35. The van der Waals surface area contributed by atoms with Gasteiger partial charge in [0.2, 0.25) is 0 Å². The molecule has 1 atom stereocenters. The van der Waals surface area contributed by atoms with Gasteiger partial charge in [-0.25, -0.2) is 13.6 Å². The van der Waals surface area contributed by atoms with Gasteiger partial charge in [0.1, 0.15) is 17.4 Å². The highest BCUT2D eigenvalue weighted by Crippen LogP contribution is 2.30. The Balaban J connectivity index is 1.93. The molecule has 0 saturated carbocycles. The predicted molar refractivity (Wildman–Crippen MR) is 122 cm³/mol. The number of rotatable bonds is 6. The molecule has 178 valence electrons. The normalized spacial score (nSPS) is 11.7. The molecule has 0 aliphatic rings. The van der Waals surface area contributed by atoms with Crippen LogP contribution in [0.5, 0.6) is 5.75 Å². The number of halogens is 3. The molecule has 3 rings (SSSR count). The average molecular weight is 492 g/mol. The van der Waals surface area contributed by atoms with Crippen LogP contribution in [0.3, 0.4) is 0 Å². The lowest BCUT2D eigenvalue weighted by atomic mass is 9.97. The molecule has 0 aliphatic heterocycles. The highest BCUT2D eigenvalue weighted by atomic mass is 35.5. The first-order valence-corrected chi connectivity index (χ1v) is 10.3. The van der Waals surface area contributed by atoms with Crippen LogP contribution in [0.25, 0.3) is 11.1 Å². The molecule has 0 bridgehead atoms. The number of aromatic hydroxyl groups is 1. The largest absolute Gasteiger partial charge is 0.505 e. The molecule has 0 saturated heterocycles. The zero-order valence-electron chi connectivity index (χ0n) is 18.0. The van der Waals surface area contributed by atoms with Gasteiger partial charge in [-0.05, 0) is 30.2 Å². The van der Waals surface area contributed by atoms with E-state index in [-0.39, 0.29) is 21.8 Å². The topological polar surface area (TPSA) is 121 Å². The molecule has 2 aromatic carbocycles. The van der Waals surface area contributed by atoms with Crippen molar-refractivity contribution in [2.45, 2.75) is 19.4 Å². The number of aliphatic carboxylic acids is 1. The molecule has 1 unspecified atom stereocenters. The van der Waals surface area contributed by atoms with Gasteiger partial charge in [0, 0.05) is 30.4 Å². The van der Waals surface area contributed by atoms with Crippen LogP contribution in [0.1, 0.15) is 23.6 Å². The van der Waals surface area contributed by atoms with Crippen LogP contribution in [0.4, 0.5) is 19.3 Å². The molecule has 11 heteroatoms. The number of carbonyl (C=O) groups is 2. The van der Waals surface area contributed by atoms with E-state index in [9.17, 15) is 33.4 Å². The summed E-state index contributed by atoms with van der Waals surface area (Å²) in [5.41, 5.74) is -0.132. The number of pyridine rings is 1. The van der Waals surface area contributed by atoms with E-state index in [1.54, 1.807) is 0 Å². The first-order chi connectivity index (χ1) is 16.0. The van der Waals surface area contributed by atoms with Crippen LogP contribution < -0.4 is 16.2 Å². The molecule has 1 heterocycles. The van der Waals surface area contributed by atoms with Crippen LogP contribution >= 0.6 is 11.6 Å². The van der Waals surface area contributed by atoms with Crippen molar-refractivity contribution >= 4 is 29.3 Å². The second-order valence-electron chi connectivity index (χ2n) is 7.57. The van der Waals surface area contributed by atoms with Crippen LogP contribution in [0.15, 0.2) is 47.4 Å². The maximum Gasteiger partial charge on any atom is 0.319 e. The highest BCUT2D eigenvalue weighted by molar-refractivity contribution is 6.31. The summed E-state index contributed by atoms with van der Waals surface area (Å²) < 4.78 is 29.0. The number of urea groups is 1. The summed E-state index contributed by atoms with van der Waals surface area (Å²) in [5, 5.41) is 23.9. The Hall–Kier alpha value is -3.92. The third-order valence-electron chi connectivity index (χ3n) is 5.06. The summed E-state index contributed by atoms with van der Waals surface area (Å²) in [5.74, 6) is -3.45. The Kier molecular flexibility index (Phi) is 7.21. The number of anilines is 1. The lowest BCUT2D eigenvalue weighted by Gasteiger charge is -2.19. The van der Waals surface area contributed by atoms with Crippen LogP contribution in [0, 0.1) is 18.6 Å². The summed E-state index contributed by atoms with van der Waals surface area (Å²) in [4.78, 5) is 36.3. The molecule has 34 heavy (non-hydrogen) atoms. The van der Waals surface area contributed by atoms with E-state index in [0.717, 1.165) is 6.07 Å². The number of nitrogens with zero attached hydrogens (tertiary/aromatic N) is 1. The lowest BCUT2D eigenvalue weighted by molar-refractivity contribution is -0.137. The summed E-state index contributed by atoms with van der Waals surface area (Å²) in [6.07, 6.45) is 0.849. The molecule has 1 aromatic heterocycles. The summed E-state index contributed by atoms with van der Waals surface area (Å²) in [7, 11) is 1.44. The van der Waals surface area contributed by atoms with Gasteiger partial charge < -0.3 is 25.4 Å². The summed E-state index contributed by atoms with van der Waals surface area (Å²) in [6, 6.07) is 5.69. The minimum atomic E-state index is -1.24. The number of aryl methyl sites for hydroxylation is 2. The molecule has 0 fully saturated rings. The number of hydrogen-bond donors (Lipinski definition) is 4. The van der Waals surface area contributed by atoms with Crippen LogP contribution in [-0.2, 0) is 11.8 Å². The van der Waals surface area contributed by atoms with E-state index < -0.39 is 47.4 Å². The fourth-order valence-electron chi connectivity index (χ4n) is 3.40. The van der Waals surface area contributed by atoms with Gasteiger partial charge in [0.15, 0.2) is 5.69 Å². The van der Waals surface area contributed by atoms with Crippen molar-refractivity contribution in [1.82, 2.24) is 9.88 Å².